The number of carboxylic acid groups (broad SMARTS) is 1. The van der Waals surface area contributed by atoms with Crippen molar-refractivity contribution in [1.29, 1.82) is 0 Å². The number of nitrogens with one attached hydrogen (secondary N) is 1. The van der Waals surface area contributed by atoms with Crippen molar-refractivity contribution in [1.82, 2.24) is 5.32 Å². The van der Waals surface area contributed by atoms with Crippen molar-refractivity contribution in [2.24, 2.45) is 0 Å². The van der Waals surface area contributed by atoms with Crippen molar-refractivity contribution in [3.63, 3.8) is 0 Å². The Labute approximate surface area is 183 Å². The summed E-state index contributed by atoms with van der Waals surface area (Å²) in [5.41, 5.74) is -2.20. The van der Waals surface area contributed by atoms with Crippen LogP contribution in [-0.2, 0) is 10.9 Å². The molecule has 3 aromatic rings. The fourth-order valence-electron chi connectivity index (χ4n) is 3.11. The highest BCUT2D eigenvalue weighted by Crippen LogP contribution is 2.38. The van der Waals surface area contributed by atoms with E-state index in [1.807, 2.05) is 0 Å². The summed E-state index contributed by atoms with van der Waals surface area (Å²) in [5, 5.41) is 12.8. The minimum Gasteiger partial charge on any atom is -0.497 e. The van der Waals surface area contributed by atoms with Crippen LogP contribution < -0.4 is 14.8 Å². The number of fused-ring (bicyclic) bond motifs is 1. The zero-order chi connectivity index (χ0) is 23.5. The maximum atomic E-state index is 15.1. The SMILES string of the molecule is CCC(C)(NC(=O)c1ccc2ccccc2c1OC(F)(F)c1ccc(OC)cc1)C(=O)O. The first-order valence-corrected chi connectivity index (χ1v) is 9.90. The van der Waals surface area contributed by atoms with E-state index in [0.717, 1.165) is 0 Å². The molecule has 1 atom stereocenters. The second-order valence-corrected chi connectivity index (χ2v) is 7.46. The summed E-state index contributed by atoms with van der Waals surface area (Å²) in [4.78, 5) is 24.6. The van der Waals surface area contributed by atoms with Gasteiger partial charge in [-0.3, -0.25) is 4.79 Å². The number of methoxy groups -OCH3 is 1. The minimum absolute atomic E-state index is 0.0971. The maximum Gasteiger partial charge on any atom is 0.426 e. The number of aliphatic carboxylic acids is 1. The number of amides is 1. The second kappa shape index (κ2) is 8.82. The Morgan fingerprint density at radius 3 is 2.28 bits per heavy atom. The first-order valence-electron chi connectivity index (χ1n) is 9.90. The van der Waals surface area contributed by atoms with E-state index in [1.54, 1.807) is 37.3 Å². The van der Waals surface area contributed by atoms with E-state index in [1.165, 1.54) is 44.4 Å². The van der Waals surface area contributed by atoms with Crippen LogP contribution in [0.3, 0.4) is 0 Å². The number of carbonyl (C=O) groups is 2. The molecule has 3 rings (SSSR count). The van der Waals surface area contributed by atoms with E-state index >= 15 is 8.78 Å². The number of halogens is 2. The Morgan fingerprint density at radius 1 is 1.03 bits per heavy atom. The normalized spacial score (nSPS) is 13.3. The van der Waals surface area contributed by atoms with Crippen LogP contribution in [0, 0.1) is 0 Å². The molecule has 0 aliphatic carbocycles. The summed E-state index contributed by atoms with van der Waals surface area (Å²) >= 11 is 0. The van der Waals surface area contributed by atoms with Crippen molar-refractivity contribution < 1.29 is 33.0 Å². The van der Waals surface area contributed by atoms with Crippen LogP contribution in [0.15, 0.2) is 60.7 Å². The smallest absolute Gasteiger partial charge is 0.426 e. The predicted molar refractivity (Wildman–Crippen MR) is 115 cm³/mol. The standard InChI is InChI=1S/C24H23F2NO5/c1-4-23(2,22(29)30)27-21(28)19-14-9-15-7-5-6-8-18(15)20(19)32-24(25,26)16-10-12-17(31-3)13-11-16/h5-14H,4H2,1-3H3,(H,27,28)(H,29,30). The number of hydrogen-bond acceptors (Lipinski definition) is 4. The summed E-state index contributed by atoms with van der Waals surface area (Å²) in [5.74, 6) is -2.00. The molecule has 8 heteroatoms. The van der Waals surface area contributed by atoms with Crippen LogP contribution in [0.4, 0.5) is 8.78 Å². The predicted octanol–water partition coefficient (Wildman–Crippen LogP) is 4.96. The van der Waals surface area contributed by atoms with Gasteiger partial charge >= 0.3 is 12.1 Å². The van der Waals surface area contributed by atoms with E-state index in [2.05, 4.69) is 5.32 Å². The first-order chi connectivity index (χ1) is 15.1. The Kier molecular flexibility index (Phi) is 6.34. The van der Waals surface area contributed by atoms with Gasteiger partial charge in [0, 0.05) is 5.39 Å². The number of hydrogen-bond donors (Lipinski definition) is 2. The molecule has 0 aliphatic heterocycles. The topological polar surface area (TPSA) is 84.9 Å². The molecule has 1 amide bonds. The Balaban J connectivity index is 2.07. The molecule has 3 aromatic carbocycles. The van der Waals surface area contributed by atoms with Crippen LogP contribution in [0.1, 0.15) is 36.2 Å². The average molecular weight is 443 g/mol. The summed E-state index contributed by atoms with van der Waals surface area (Å²) in [7, 11) is 1.42. The fourth-order valence-corrected chi connectivity index (χ4v) is 3.11. The highest BCUT2D eigenvalue weighted by molar-refractivity contribution is 6.05. The van der Waals surface area contributed by atoms with E-state index in [4.69, 9.17) is 9.47 Å². The fraction of sp³-hybridized carbons (Fsp3) is 0.250. The van der Waals surface area contributed by atoms with E-state index in [9.17, 15) is 14.7 Å². The molecule has 0 saturated heterocycles. The van der Waals surface area contributed by atoms with Gasteiger partial charge in [0.25, 0.3) is 5.91 Å². The third-order valence-electron chi connectivity index (χ3n) is 5.35. The molecule has 0 radical (unpaired) electrons. The van der Waals surface area contributed by atoms with Gasteiger partial charge in [0.1, 0.15) is 17.0 Å². The number of alkyl halides is 2. The summed E-state index contributed by atoms with van der Waals surface area (Å²) in [6.07, 6.45) is -3.67. The number of carbonyl (C=O) groups excluding carboxylic acids is 1. The number of benzene rings is 3. The average Bonchev–Trinajstić information content (AvgIpc) is 2.78. The molecule has 0 spiro atoms. The lowest BCUT2D eigenvalue weighted by molar-refractivity contribution is -0.184. The Hall–Kier alpha value is -3.68. The quantitative estimate of drug-likeness (QED) is 0.514. The molecule has 0 fully saturated rings. The molecule has 2 N–H and O–H groups in total. The van der Waals surface area contributed by atoms with E-state index < -0.39 is 29.1 Å². The molecule has 168 valence electrons. The van der Waals surface area contributed by atoms with Crippen LogP contribution in [0.5, 0.6) is 11.5 Å². The van der Waals surface area contributed by atoms with Gasteiger partial charge in [0.2, 0.25) is 0 Å². The van der Waals surface area contributed by atoms with Gasteiger partial charge < -0.3 is 19.9 Å². The molecule has 0 heterocycles. The van der Waals surface area contributed by atoms with Gasteiger partial charge in [-0.25, -0.2) is 4.79 Å². The Morgan fingerprint density at radius 2 is 1.69 bits per heavy atom. The van der Waals surface area contributed by atoms with Crippen LogP contribution in [-0.4, -0.2) is 29.6 Å². The van der Waals surface area contributed by atoms with Crippen molar-refractivity contribution in [3.8, 4) is 11.5 Å². The van der Waals surface area contributed by atoms with Crippen LogP contribution in [0.2, 0.25) is 0 Å². The third kappa shape index (κ3) is 4.49. The van der Waals surface area contributed by atoms with Crippen molar-refractivity contribution >= 4 is 22.6 Å². The maximum absolute atomic E-state index is 15.1. The Bertz CT molecular complexity index is 1150. The molecule has 0 saturated carbocycles. The van der Waals surface area contributed by atoms with Crippen molar-refractivity contribution in [2.45, 2.75) is 31.9 Å². The largest absolute Gasteiger partial charge is 0.497 e. The molecule has 32 heavy (non-hydrogen) atoms. The van der Waals surface area contributed by atoms with E-state index in [0.29, 0.717) is 16.5 Å². The lowest BCUT2D eigenvalue weighted by atomic mass is 9.97. The monoisotopic (exact) mass is 443 g/mol. The number of ether oxygens (including phenoxy) is 2. The lowest BCUT2D eigenvalue weighted by Gasteiger charge is -2.26. The van der Waals surface area contributed by atoms with Crippen LogP contribution in [0.25, 0.3) is 10.8 Å². The summed E-state index contributed by atoms with van der Waals surface area (Å²) in [6, 6.07) is 14.6. The molecular weight excluding hydrogens is 420 g/mol. The van der Waals surface area contributed by atoms with Crippen molar-refractivity contribution in [3.05, 3.63) is 71.8 Å². The van der Waals surface area contributed by atoms with Gasteiger partial charge in [-0.1, -0.05) is 37.3 Å². The van der Waals surface area contributed by atoms with Gasteiger partial charge in [-0.05, 0) is 49.1 Å². The van der Waals surface area contributed by atoms with Crippen molar-refractivity contribution in [2.75, 3.05) is 7.11 Å². The summed E-state index contributed by atoms with van der Waals surface area (Å²) in [6.45, 7) is 2.95. The van der Waals surface area contributed by atoms with Gasteiger partial charge in [0.15, 0.2) is 0 Å². The molecule has 0 bridgehead atoms. The van der Waals surface area contributed by atoms with Gasteiger partial charge in [0.05, 0.1) is 18.2 Å². The minimum atomic E-state index is -3.77. The highest BCUT2D eigenvalue weighted by atomic mass is 19.3. The third-order valence-corrected chi connectivity index (χ3v) is 5.35. The van der Waals surface area contributed by atoms with Crippen LogP contribution >= 0.6 is 0 Å². The zero-order valence-corrected chi connectivity index (χ0v) is 17.8. The van der Waals surface area contributed by atoms with Gasteiger partial charge in [-0.15, -0.1) is 0 Å². The summed E-state index contributed by atoms with van der Waals surface area (Å²) < 4.78 is 40.3. The molecule has 1 unspecified atom stereocenters. The molecule has 6 nitrogen and oxygen atoms in total. The molecule has 0 aliphatic rings. The second-order valence-electron chi connectivity index (χ2n) is 7.46. The first kappa shape index (κ1) is 23.0. The zero-order valence-electron chi connectivity index (χ0n) is 17.8. The highest BCUT2D eigenvalue weighted by Gasteiger charge is 2.38. The lowest BCUT2D eigenvalue weighted by Crippen LogP contribution is -2.51. The molecule has 0 aromatic heterocycles. The molecular formula is C24H23F2NO5. The number of carboxylic acids is 1. The van der Waals surface area contributed by atoms with Gasteiger partial charge in [-0.2, -0.15) is 8.78 Å². The van der Waals surface area contributed by atoms with E-state index in [-0.39, 0.29) is 17.7 Å². The number of rotatable bonds is 8.